The Bertz CT molecular complexity index is 339. The molecule has 0 aromatic heterocycles. The molecule has 0 saturated heterocycles. The standard InChI is InChI=1S/C15H21N.2C2H6/c1-5-9-10-13-14(11-6-2)15(12-7-3)16-8-4;2*1-2/h5-7,9-13H,2,8H2,1,3-4H3;2*1-2H3/b9-5-,12-7-,13-10-,14-11+,16-15?;;. The first-order valence-electron chi connectivity index (χ1n) is 7.59. The van der Waals surface area contributed by atoms with Crippen LogP contribution in [0.5, 0.6) is 0 Å². The van der Waals surface area contributed by atoms with Crippen LogP contribution in [0.25, 0.3) is 0 Å². The van der Waals surface area contributed by atoms with Crippen LogP contribution in [0.1, 0.15) is 48.5 Å². The molecule has 0 aliphatic rings. The van der Waals surface area contributed by atoms with Crippen LogP contribution >= 0.6 is 0 Å². The van der Waals surface area contributed by atoms with E-state index in [1.807, 2.05) is 91.0 Å². The second kappa shape index (κ2) is 22.5. The van der Waals surface area contributed by atoms with Crippen molar-refractivity contribution in [3.63, 3.8) is 0 Å². The van der Waals surface area contributed by atoms with Gasteiger partial charge in [-0.15, -0.1) is 0 Å². The van der Waals surface area contributed by atoms with Crippen molar-refractivity contribution in [2.24, 2.45) is 4.99 Å². The summed E-state index contributed by atoms with van der Waals surface area (Å²) in [6, 6.07) is 0. The van der Waals surface area contributed by atoms with Gasteiger partial charge in [0, 0.05) is 6.54 Å². The van der Waals surface area contributed by atoms with Gasteiger partial charge in [-0.3, -0.25) is 4.99 Å². The van der Waals surface area contributed by atoms with E-state index in [1.165, 1.54) is 0 Å². The molecule has 0 heterocycles. The monoisotopic (exact) mass is 275 g/mol. The molecule has 1 nitrogen and oxygen atoms in total. The molecule has 0 saturated carbocycles. The molecule has 0 atom stereocenters. The summed E-state index contributed by atoms with van der Waals surface area (Å²) in [7, 11) is 0. The van der Waals surface area contributed by atoms with Gasteiger partial charge in [-0.05, 0) is 32.4 Å². The van der Waals surface area contributed by atoms with E-state index in [2.05, 4.69) is 11.6 Å². The van der Waals surface area contributed by atoms with Crippen LogP contribution in [0.4, 0.5) is 0 Å². The molecule has 0 bridgehead atoms. The molecule has 0 amide bonds. The summed E-state index contributed by atoms with van der Waals surface area (Å²) in [6.45, 7) is 18.5. The van der Waals surface area contributed by atoms with Crippen LogP contribution in [0.3, 0.4) is 0 Å². The van der Waals surface area contributed by atoms with Gasteiger partial charge in [0.15, 0.2) is 0 Å². The molecule has 0 aromatic rings. The fourth-order valence-electron chi connectivity index (χ4n) is 1.19. The Morgan fingerprint density at radius 3 is 1.95 bits per heavy atom. The lowest BCUT2D eigenvalue weighted by atomic mass is 10.1. The van der Waals surface area contributed by atoms with Gasteiger partial charge in [-0.2, -0.15) is 0 Å². The highest BCUT2D eigenvalue weighted by molar-refractivity contribution is 6.10. The second-order valence-electron chi connectivity index (χ2n) is 3.10. The number of aliphatic imine (C=N–C) groups is 1. The summed E-state index contributed by atoms with van der Waals surface area (Å²) in [4.78, 5) is 4.45. The Balaban J connectivity index is -0.000000656. The molecule has 0 unspecified atom stereocenters. The van der Waals surface area contributed by atoms with Gasteiger partial charge in [-0.25, -0.2) is 0 Å². The predicted molar refractivity (Wildman–Crippen MR) is 97.7 cm³/mol. The SMILES string of the molecule is C=C\C=C(/C=C\C=C/C)C(/C=C\C)=NCC.CC.CC. The minimum absolute atomic E-state index is 0.783. The Kier molecular flexibility index (Phi) is 26.4. The van der Waals surface area contributed by atoms with Crippen LogP contribution in [0.2, 0.25) is 0 Å². The van der Waals surface area contributed by atoms with Crippen LogP contribution in [0, 0.1) is 0 Å². The van der Waals surface area contributed by atoms with Crippen LogP contribution in [0.15, 0.2) is 65.8 Å². The van der Waals surface area contributed by atoms with Gasteiger partial charge in [0.25, 0.3) is 0 Å². The number of allylic oxidation sites excluding steroid dienone is 9. The minimum atomic E-state index is 0.783. The van der Waals surface area contributed by atoms with E-state index < -0.39 is 0 Å². The Hall–Kier alpha value is -1.63. The summed E-state index contributed by atoms with van der Waals surface area (Å²) in [5.74, 6) is 0. The van der Waals surface area contributed by atoms with Crippen molar-refractivity contribution in [2.75, 3.05) is 6.54 Å². The molecule has 0 N–H and O–H groups in total. The Morgan fingerprint density at radius 1 is 0.950 bits per heavy atom. The maximum atomic E-state index is 4.45. The van der Waals surface area contributed by atoms with E-state index in [0.29, 0.717) is 0 Å². The highest BCUT2D eigenvalue weighted by atomic mass is 14.7. The highest BCUT2D eigenvalue weighted by Gasteiger charge is 1.97. The van der Waals surface area contributed by atoms with E-state index in [0.717, 1.165) is 17.8 Å². The molecule has 1 heteroatoms. The van der Waals surface area contributed by atoms with E-state index in [9.17, 15) is 0 Å². The molecule has 0 fully saturated rings. The third kappa shape index (κ3) is 14.4. The van der Waals surface area contributed by atoms with Gasteiger partial charge in [-0.1, -0.05) is 76.8 Å². The van der Waals surface area contributed by atoms with Crippen molar-refractivity contribution in [1.82, 2.24) is 0 Å². The average Bonchev–Trinajstić information content (AvgIpc) is 2.50. The zero-order chi connectivity index (χ0) is 16.2. The highest BCUT2D eigenvalue weighted by Crippen LogP contribution is 2.04. The predicted octanol–water partition coefficient (Wildman–Crippen LogP) is 6.32. The van der Waals surface area contributed by atoms with Gasteiger partial charge in [0.05, 0.1) is 5.71 Å². The zero-order valence-electron chi connectivity index (χ0n) is 14.5. The lowest BCUT2D eigenvalue weighted by Crippen LogP contribution is -1.97. The first-order valence-corrected chi connectivity index (χ1v) is 7.59. The van der Waals surface area contributed by atoms with Crippen molar-refractivity contribution in [1.29, 1.82) is 0 Å². The quantitative estimate of drug-likeness (QED) is 0.397. The first kappa shape index (κ1) is 23.5. The van der Waals surface area contributed by atoms with Gasteiger partial charge in [0.1, 0.15) is 0 Å². The summed E-state index contributed by atoms with van der Waals surface area (Å²) >= 11 is 0. The molecule has 0 rings (SSSR count). The van der Waals surface area contributed by atoms with Crippen molar-refractivity contribution >= 4 is 5.71 Å². The van der Waals surface area contributed by atoms with Crippen LogP contribution < -0.4 is 0 Å². The minimum Gasteiger partial charge on any atom is -0.285 e. The maximum Gasteiger partial charge on any atom is 0.0643 e. The smallest absolute Gasteiger partial charge is 0.0643 e. The molecule has 0 aromatic carbocycles. The van der Waals surface area contributed by atoms with E-state index in [4.69, 9.17) is 0 Å². The number of hydrogen-bond acceptors (Lipinski definition) is 1. The summed E-state index contributed by atoms with van der Waals surface area (Å²) < 4.78 is 0. The number of rotatable bonds is 6. The maximum absolute atomic E-state index is 4.45. The third-order valence-electron chi connectivity index (χ3n) is 1.83. The zero-order valence-corrected chi connectivity index (χ0v) is 14.5. The summed E-state index contributed by atoms with van der Waals surface area (Å²) in [5.41, 5.74) is 2.07. The van der Waals surface area contributed by atoms with E-state index in [1.54, 1.807) is 6.08 Å². The molecular formula is C19H33N. The van der Waals surface area contributed by atoms with E-state index in [-0.39, 0.29) is 0 Å². The fourth-order valence-corrected chi connectivity index (χ4v) is 1.19. The molecule has 0 spiro atoms. The summed E-state index contributed by atoms with van der Waals surface area (Å²) in [5, 5.41) is 0. The lowest BCUT2D eigenvalue weighted by molar-refractivity contribution is 1.13. The molecule has 114 valence electrons. The average molecular weight is 275 g/mol. The normalized spacial score (nSPS) is 12.2. The Labute approximate surface area is 127 Å². The number of hydrogen-bond donors (Lipinski definition) is 0. The molecule has 0 aliphatic heterocycles. The molecule has 0 aliphatic carbocycles. The van der Waals surface area contributed by atoms with Gasteiger partial charge >= 0.3 is 0 Å². The first-order chi connectivity index (χ1) is 9.79. The van der Waals surface area contributed by atoms with Crippen LogP contribution in [-0.2, 0) is 0 Å². The molecular weight excluding hydrogens is 242 g/mol. The van der Waals surface area contributed by atoms with Crippen molar-refractivity contribution in [3.05, 3.63) is 60.8 Å². The molecule has 0 radical (unpaired) electrons. The Morgan fingerprint density at radius 2 is 1.55 bits per heavy atom. The summed E-state index contributed by atoms with van der Waals surface area (Å²) in [6.07, 6.45) is 15.8. The lowest BCUT2D eigenvalue weighted by Gasteiger charge is -2.01. The fraction of sp³-hybridized carbons (Fsp3) is 0.421. The number of nitrogens with zero attached hydrogens (tertiary/aromatic N) is 1. The largest absolute Gasteiger partial charge is 0.285 e. The van der Waals surface area contributed by atoms with Crippen molar-refractivity contribution in [2.45, 2.75) is 48.5 Å². The van der Waals surface area contributed by atoms with Crippen molar-refractivity contribution < 1.29 is 0 Å². The van der Waals surface area contributed by atoms with Gasteiger partial charge < -0.3 is 0 Å². The third-order valence-corrected chi connectivity index (χ3v) is 1.83. The molecule has 20 heavy (non-hydrogen) atoms. The van der Waals surface area contributed by atoms with E-state index >= 15 is 0 Å². The second-order valence-corrected chi connectivity index (χ2v) is 3.10. The van der Waals surface area contributed by atoms with Gasteiger partial charge in [0.2, 0.25) is 0 Å². The van der Waals surface area contributed by atoms with Crippen molar-refractivity contribution in [3.8, 4) is 0 Å². The topological polar surface area (TPSA) is 12.4 Å². The van der Waals surface area contributed by atoms with Crippen LogP contribution in [-0.4, -0.2) is 12.3 Å².